The Labute approximate surface area is 152 Å². The molecule has 0 aliphatic rings. The van der Waals surface area contributed by atoms with Gasteiger partial charge < -0.3 is 4.74 Å². The number of ether oxygens (including phenoxy) is 1. The van der Waals surface area contributed by atoms with Crippen molar-refractivity contribution in [3.05, 3.63) is 88.8 Å². The second-order valence-corrected chi connectivity index (χ2v) is 6.31. The zero-order valence-corrected chi connectivity index (χ0v) is 15.1. The molecule has 0 unspecified atom stereocenters. The molecular formula is C21H21FN2O2. The van der Waals surface area contributed by atoms with Crippen LogP contribution in [0.25, 0.3) is 0 Å². The second kappa shape index (κ2) is 7.52. The smallest absolute Gasteiger partial charge is 0.419 e. The molecule has 0 saturated carbocycles. The molecule has 1 atom stereocenters. The van der Waals surface area contributed by atoms with E-state index >= 15 is 0 Å². The zero-order valence-electron chi connectivity index (χ0n) is 15.1. The van der Waals surface area contributed by atoms with Crippen molar-refractivity contribution in [2.45, 2.75) is 33.3 Å². The zero-order chi connectivity index (χ0) is 18.7. The molecule has 134 valence electrons. The number of aromatic nitrogens is 2. The average Bonchev–Trinajstić information content (AvgIpc) is 3.12. The van der Waals surface area contributed by atoms with Crippen LogP contribution in [0.4, 0.5) is 9.18 Å². The Hall–Kier alpha value is -2.95. The highest BCUT2D eigenvalue weighted by Gasteiger charge is 2.21. The Morgan fingerprint density at radius 3 is 2.73 bits per heavy atom. The highest BCUT2D eigenvalue weighted by Crippen LogP contribution is 2.27. The summed E-state index contributed by atoms with van der Waals surface area (Å²) in [5.74, 6) is 0.123. The van der Waals surface area contributed by atoms with Crippen LogP contribution in [-0.2, 0) is 11.3 Å². The van der Waals surface area contributed by atoms with Gasteiger partial charge in [0.15, 0.2) is 0 Å². The molecule has 0 amide bonds. The Bertz CT molecular complexity index is 933. The first-order chi connectivity index (χ1) is 12.5. The molecule has 0 bridgehead atoms. The van der Waals surface area contributed by atoms with Gasteiger partial charge in [0.05, 0.1) is 0 Å². The fraction of sp³-hybridized carbons (Fsp3) is 0.238. The maximum Gasteiger partial charge on any atom is 0.419 e. The minimum atomic E-state index is -0.571. The SMILES string of the molecule is Cc1cccc([C@H](C)c2nccn2C(=O)OCc2ccccc2F)c1C. The van der Waals surface area contributed by atoms with Gasteiger partial charge in [0, 0.05) is 23.9 Å². The standard InChI is InChI=1S/C21H21FN2O2/c1-14-7-6-9-18(15(14)2)16(3)20-23-11-12-24(20)21(25)26-13-17-8-4-5-10-19(17)22/h4-12,16H,13H2,1-3H3/t16-/m0/s1. The van der Waals surface area contributed by atoms with Gasteiger partial charge in [0.25, 0.3) is 0 Å². The fourth-order valence-electron chi connectivity index (χ4n) is 3.00. The Morgan fingerprint density at radius 2 is 1.96 bits per heavy atom. The van der Waals surface area contributed by atoms with E-state index in [1.165, 1.54) is 21.8 Å². The predicted octanol–water partition coefficient (Wildman–Crippen LogP) is 4.98. The number of hydrogen-bond acceptors (Lipinski definition) is 3. The molecule has 1 heterocycles. The summed E-state index contributed by atoms with van der Waals surface area (Å²) in [5.41, 5.74) is 3.81. The molecule has 3 aromatic rings. The van der Waals surface area contributed by atoms with Gasteiger partial charge in [0.1, 0.15) is 18.2 Å². The third-order valence-electron chi connectivity index (χ3n) is 4.68. The van der Waals surface area contributed by atoms with Crippen LogP contribution in [0.3, 0.4) is 0 Å². The van der Waals surface area contributed by atoms with Crippen LogP contribution >= 0.6 is 0 Å². The highest BCUT2D eigenvalue weighted by molar-refractivity contribution is 5.71. The normalized spacial score (nSPS) is 12.0. The summed E-state index contributed by atoms with van der Waals surface area (Å²) in [6.45, 7) is 6.00. The van der Waals surface area contributed by atoms with Gasteiger partial charge in [-0.3, -0.25) is 0 Å². The summed E-state index contributed by atoms with van der Waals surface area (Å²) < 4.78 is 20.3. The lowest BCUT2D eigenvalue weighted by Crippen LogP contribution is -2.18. The van der Waals surface area contributed by atoms with E-state index in [-0.39, 0.29) is 12.5 Å². The largest absolute Gasteiger partial charge is 0.444 e. The molecule has 0 fully saturated rings. The van der Waals surface area contributed by atoms with E-state index in [1.54, 1.807) is 30.6 Å². The summed E-state index contributed by atoms with van der Waals surface area (Å²) in [6, 6.07) is 12.3. The van der Waals surface area contributed by atoms with Crippen LogP contribution in [0.2, 0.25) is 0 Å². The molecule has 5 heteroatoms. The number of rotatable bonds is 4. The third kappa shape index (κ3) is 3.52. The number of nitrogens with zero attached hydrogens (tertiary/aromatic N) is 2. The van der Waals surface area contributed by atoms with E-state index in [9.17, 15) is 9.18 Å². The number of carbonyl (C=O) groups is 1. The molecule has 0 radical (unpaired) electrons. The first-order valence-corrected chi connectivity index (χ1v) is 8.49. The van der Waals surface area contributed by atoms with Gasteiger partial charge >= 0.3 is 6.09 Å². The quantitative estimate of drug-likeness (QED) is 0.665. The molecule has 1 aromatic heterocycles. The van der Waals surface area contributed by atoms with Crippen molar-refractivity contribution >= 4 is 6.09 Å². The summed E-state index contributed by atoms with van der Waals surface area (Å²) in [4.78, 5) is 16.8. The van der Waals surface area contributed by atoms with Crippen LogP contribution in [0, 0.1) is 19.7 Å². The minimum Gasteiger partial charge on any atom is -0.444 e. The number of aryl methyl sites for hydroxylation is 1. The summed E-state index contributed by atoms with van der Waals surface area (Å²) >= 11 is 0. The van der Waals surface area contributed by atoms with E-state index in [4.69, 9.17) is 4.74 Å². The van der Waals surface area contributed by atoms with E-state index in [2.05, 4.69) is 24.9 Å². The van der Waals surface area contributed by atoms with E-state index in [1.807, 2.05) is 19.1 Å². The fourth-order valence-corrected chi connectivity index (χ4v) is 3.00. The number of benzene rings is 2. The van der Waals surface area contributed by atoms with Crippen molar-refractivity contribution < 1.29 is 13.9 Å². The first-order valence-electron chi connectivity index (χ1n) is 8.49. The monoisotopic (exact) mass is 352 g/mol. The second-order valence-electron chi connectivity index (χ2n) is 6.31. The Balaban J connectivity index is 1.80. The van der Waals surface area contributed by atoms with Gasteiger partial charge in [-0.05, 0) is 36.6 Å². The van der Waals surface area contributed by atoms with Crippen LogP contribution in [0.5, 0.6) is 0 Å². The highest BCUT2D eigenvalue weighted by atomic mass is 19.1. The summed E-state index contributed by atoms with van der Waals surface area (Å²) in [6.07, 6.45) is 2.57. The molecule has 0 N–H and O–H groups in total. The maximum absolute atomic E-state index is 13.7. The van der Waals surface area contributed by atoms with Gasteiger partial charge in [0.2, 0.25) is 0 Å². The lowest BCUT2D eigenvalue weighted by atomic mass is 9.93. The van der Waals surface area contributed by atoms with Crippen molar-refractivity contribution in [2.24, 2.45) is 0 Å². The maximum atomic E-state index is 13.7. The lowest BCUT2D eigenvalue weighted by Gasteiger charge is -2.17. The molecule has 0 aliphatic heterocycles. The lowest BCUT2D eigenvalue weighted by molar-refractivity contribution is 0.139. The topological polar surface area (TPSA) is 44.1 Å². The van der Waals surface area contributed by atoms with Gasteiger partial charge in [-0.25, -0.2) is 18.7 Å². The number of imidazole rings is 1. The summed E-state index contributed by atoms with van der Waals surface area (Å²) in [5, 5.41) is 0. The third-order valence-corrected chi connectivity index (χ3v) is 4.68. The number of carbonyl (C=O) groups excluding carboxylic acids is 1. The van der Waals surface area contributed by atoms with Crippen molar-refractivity contribution in [1.29, 1.82) is 0 Å². The van der Waals surface area contributed by atoms with Crippen molar-refractivity contribution in [2.75, 3.05) is 0 Å². The van der Waals surface area contributed by atoms with E-state index in [0.717, 1.165) is 5.56 Å². The Morgan fingerprint density at radius 1 is 1.19 bits per heavy atom. The molecule has 0 aliphatic carbocycles. The molecule has 3 rings (SSSR count). The molecule has 4 nitrogen and oxygen atoms in total. The van der Waals surface area contributed by atoms with Crippen molar-refractivity contribution in [3.63, 3.8) is 0 Å². The molecule has 2 aromatic carbocycles. The van der Waals surface area contributed by atoms with Crippen LogP contribution < -0.4 is 0 Å². The van der Waals surface area contributed by atoms with Gasteiger partial charge in [-0.15, -0.1) is 0 Å². The van der Waals surface area contributed by atoms with Crippen molar-refractivity contribution in [3.8, 4) is 0 Å². The number of halogens is 1. The molecular weight excluding hydrogens is 331 g/mol. The number of hydrogen-bond donors (Lipinski definition) is 0. The van der Waals surface area contributed by atoms with E-state index < -0.39 is 11.9 Å². The predicted molar refractivity (Wildman–Crippen MR) is 97.6 cm³/mol. The molecule has 26 heavy (non-hydrogen) atoms. The minimum absolute atomic E-state index is 0.0779. The van der Waals surface area contributed by atoms with Crippen molar-refractivity contribution in [1.82, 2.24) is 9.55 Å². The van der Waals surface area contributed by atoms with E-state index in [0.29, 0.717) is 11.4 Å². The van der Waals surface area contributed by atoms with Gasteiger partial charge in [-0.1, -0.05) is 43.3 Å². The van der Waals surface area contributed by atoms with Gasteiger partial charge in [-0.2, -0.15) is 0 Å². The first kappa shape index (κ1) is 17.9. The average molecular weight is 352 g/mol. The summed E-state index contributed by atoms with van der Waals surface area (Å²) in [7, 11) is 0. The van der Waals surface area contributed by atoms with Crippen LogP contribution in [0.1, 0.15) is 40.9 Å². The molecule has 0 saturated heterocycles. The van der Waals surface area contributed by atoms with Crippen LogP contribution in [0.15, 0.2) is 54.9 Å². The van der Waals surface area contributed by atoms with Crippen LogP contribution in [-0.4, -0.2) is 15.6 Å². The molecule has 0 spiro atoms. The Kier molecular flexibility index (Phi) is 5.16.